The predicted octanol–water partition coefficient (Wildman–Crippen LogP) is 13.4. The number of pyridine rings is 2. The van der Waals surface area contributed by atoms with E-state index in [1.807, 2.05) is 68.3 Å². The minimum absolute atomic E-state index is 0. The second-order valence-electron chi connectivity index (χ2n) is 15.4. The first-order valence-corrected chi connectivity index (χ1v) is 20.5. The van der Waals surface area contributed by atoms with Crippen LogP contribution in [0.2, 0.25) is 0 Å². The minimum Gasteiger partial charge on any atom is -0.504 e. The number of aryl methyl sites for hydroxylation is 1. The summed E-state index contributed by atoms with van der Waals surface area (Å²) >= 11 is 0. The number of anilines is 3. The summed E-state index contributed by atoms with van der Waals surface area (Å²) in [4.78, 5) is 13.6. The Morgan fingerprint density at radius 1 is 0.556 bits per heavy atom. The third-order valence-electron chi connectivity index (χ3n) is 11.8. The summed E-state index contributed by atoms with van der Waals surface area (Å²) in [5, 5.41) is 4.40. The fourth-order valence-corrected chi connectivity index (χ4v) is 9.11. The van der Waals surface area contributed by atoms with Gasteiger partial charge in [-0.05, 0) is 79.9 Å². The van der Waals surface area contributed by atoms with Gasteiger partial charge in [0.25, 0.3) is 0 Å². The molecular weight excluding hydrogens is 956 g/mol. The summed E-state index contributed by atoms with van der Waals surface area (Å²) in [7, 11) is 2.01. The number of aromatic nitrogens is 4. The molecule has 63 heavy (non-hydrogen) atoms. The van der Waals surface area contributed by atoms with Crippen LogP contribution >= 0.6 is 0 Å². The Morgan fingerprint density at radius 2 is 1.10 bits per heavy atom. The number of fused-ring (bicyclic) bond motifs is 7. The first-order chi connectivity index (χ1) is 31.8. The first-order valence-electron chi connectivity index (χ1n) is 22.0. The maximum absolute atomic E-state index is 9.10. The molecule has 306 valence electrons. The quantitative estimate of drug-likeness (QED) is 0.149. The largest absolute Gasteiger partial charge is 0.504 e. The molecule has 0 unspecified atom stereocenters. The van der Waals surface area contributed by atoms with Crippen LogP contribution in [0.5, 0.6) is 11.5 Å². The zero-order valence-electron chi connectivity index (χ0n) is 36.8. The van der Waals surface area contributed by atoms with Crippen molar-refractivity contribution in [2.75, 3.05) is 16.8 Å². The van der Waals surface area contributed by atoms with Gasteiger partial charge >= 0.3 is 0 Å². The van der Waals surface area contributed by atoms with Gasteiger partial charge in [0.1, 0.15) is 0 Å². The molecule has 5 heterocycles. The number of nitrogens with zero attached hydrogens (tertiary/aromatic N) is 6. The molecule has 7 aromatic carbocycles. The van der Waals surface area contributed by atoms with E-state index in [1.54, 1.807) is 24.7 Å². The minimum atomic E-state index is -2.55. The van der Waals surface area contributed by atoms with Crippen LogP contribution in [0.1, 0.15) is 9.68 Å². The Hall–Kier alpha value is -7.47. The number of rotatable bonds is 7. The van der Waals surface area contributed by atoms with Gasteiger partial charge in [0.2, 0.25) is 0 Å². The number of benzene rings is 7. The fourth-order valence-electron chi connectivity index (χ4n) is 9.11. The van der Waals surface area contributed by atoms with Gasteiger partial charge in [0.05, 0.1) is 39.2 Å². The molecule has 1 aliphatic rings. The van der Waals surface area contributed by atoms with Gasteiger partial charge in [-0.1, -0.05) is 109 Å². The summed E-state index contributed by atoms with van der Waals surface area (Å²) in [6, 6.07) is 61.9. The summed E-state index contributed by atoms with van der Waals surface area (Å²) < 4.78 is 38.1. The molecule has 0 spiro atoms. The van der Waals surface area contributed by atoms with Crippen molar-refractivity contribution in [3.63, 3.8) is 0 Å². The zero-order valence-corrected chi connectivity index (χ0v) is 36.1. The molecule has 0 N–H and O–H groups in total. The smallest absolute Gasteiger partial charge is 0.0598 e. The maximum Gasteiger partial charge on any atom is 0.0598 e. The molecule has 1 aliphatic heterocycles. The Labute approximate surface area is 383 Å². The van der Waals surface area contributed by atoms with E-state index in [0.29, 0.717) is 28.3 Å². The Bertz CT molecular complexity index is 3440. The van der Waals surface area contributed by atoms with Crippen LogP contribution in [-0.2, 0) is 21.1 Å². The molecule has 0 radical (unpaired) electrons. The molecule has 4 aromatic heterocycles. The average molecular weight is 996 g/mol. The number of hydrogen-bond acceptors (Lipinski definition) is 5. The third-order valence-corrected chi connectivity index (χ3v) is 11.8. The van der Waals surface area contributed by atoms with Crippen molar-refractivity contribution in [2.24, 2.45) is 0 Å². The van der Waals surface area contributed by atoms with Gasteiger partial charge in [-0.3, -0.25) is 0 Å². The Morgan fingerprint density at radius 3 is 1.70 bits per heavy atom. The van der Waals surface area contributed by atoms with Gasteiger partial charge in [-0.15, -0.1) is 29.4 Å². The SMILES string of the molecule is [2H]C([2H])([2H])c1cc(-c2[c-]c(Oc3[c-]c(N4[CH-]N(C)c5ccccc54)ccc3)cnc2)ncc1-c1c(-n2c3ccccc3c3ccccc32)cccc1-n1c2ccccc2c2ccccc21.[Pt]. The number of para-hydroxylation sites is 6. The molecule has 0 saturated heterocycles. The molecule has 8 heteroatoms. The molecule has 0 aliphatic carbocycles. The van der Waals surface area contributed by atoms with Crippen LogP contribution < -0.4 is 14.5 Å². The summed E-state index contributed by atoms with van der Waals surface area (Å²) in [5.41, 5.74) is 10.9. The van der Waals surface area contributed by atoms with Gasteiger partial charge in [-0.25, -0.2) is 0 Å². The van der Waals surface area contributed by atoms with Gasteiger partial charge in [0, 0.05) is 81.2 Å². The molecule has 0 atom stereocenters. The molecule has 7 nitrogen and oxygen atoms in total. The first kappa shape index (κ1) is 35.2. The number of ether oxygens (including phenoxy) is 1. The van der Waals surface area contributed by atoms with E-state index >= 15 is 0 Å². The zero-order chi connectivity index (χ0) is 43.8. The van der Waals surface area contributed by atoms with Crippen molar-refractivity contribution in [3.8, 4) is 45.3 Å². The van der Waals surface area contributed by atoms with Crippen molar-refractivity contribution in [3.05, 3.63) is 207 Å². The number of hydrogen-bond donors (Lipinski definition) is 0. The van der Waals surface area contributed by atoms with Crippen molar-refractivity contribution in [1.29, 1.82) is 0 Å². The van der Waals surface area contributed by atoms with Gasteiger partial charge in [-0.2, -0.15) is 12.7 Å². The Balaban J connectivity index is 0.00000481. The second-order valence-corrected chi connectivity index (χ2v) is 15.4. The molecule has 0 saturated carbocycles. The van der Waals surface area contributed by atoms with Crippen molar-refractivity contribution < 1.29 is 29.9 Å². The van der Waals surface area contributed by atoms with Crippen molar-refractivity contribution in [2.45, 2.75) is 6.85 Å². The third kappa shape index (κ3) is 6.30. The molecular formula is C55H37N6OPt-3. The van der Waals surface area contributed by atoms with Gasteiger partial charge in [0.15, 0.2) is 0 Å². The standard InChI is InChI=1S/C55H37N6O.Pt/c1-36-29-46(37-30-40(33-56-32-37)62-39-16-13-15-38(31-39)59-35-58(2)51-25-11-12-26-52(51)59)57-34-45(36)55-53(60-47-21-7-3-17-41(47)42-18-4-8-22-48(42)60)27-14-28-54(55)61-49-23-9-5-19-43(49)44-20-6-10-24-50(44)61;/h3-29,32-35H,1-2H3;/q-3;/i1D3;. The summed E-state index contributed by atoms with van der Waals surface area (Å²) in [6.07, 6.45) is 4.90. The molecule has 11 aromatic rings. The predicted molar refractivity (Wildman–Crippen MR) is 252 cm³/mol. The van der Waals surface area contributed by atoms with Crippen LogP contribution in [-0.4, -0.2) is 26.1 Å². The molecule has 0 fully saturated rings. The average Bonchev–Trinajstić information content (AvgIpc) is 3.98. The topological polar surface area (TPSA) is 51.4 Å². The second kappa shape index (κ2) is 15.5. The fraction of sp³-hybridized carbons (Fsp3) is 0.0364. The van der Waals surface area contributed by atoms with E-state index in [0.717, 1.165) is 77.6 Å². The van der Waals surface area contributed by atoms with Crippen LogP contribution in [0, 0.1) is 25.7 Å². The van der Waals surface area contributed by atoms with Gasteiger partial charge < -0.3 is 33.6 Å². The van der Waals surface area contributed by atoms with E-state index in [2.05, 4.69) is 139 Å². The van der Waals surface area contributed by atoms with E-state index < -0.39 is 6.85 Å². The van der Waals surface area contributed by atoms with E-state index in [4.69, 9.17) is 13.8 Å². The van der Waals surface area contributed by atoms with E-state index in [-0.39, 0.29) is 26.6 Å². The maximum atomic E-state index is 9.10. The monoisotopic (exact) mass is 995 g/mol. The van der Waals surface area contributed by atoms with E-state index in [9.17, 15) is 0 Å². The van der Waals surface area contributed by atoms with Crippen molar-refractivity contribution >= 4 is 60.7 Å². The van der Waals surface area contributed by atoms with Crippen LogP contribution in [0.15, 0.2) is 182 Å². The van der Waals surface area contributed by atoms with E-state index in [1.165, 1.54) is 0 Å². The summed E-state index contributed by atoms with van der Waals surface area (Å²) in [5.74, 6) is 0.814. The molecule has 12 rings (SSSR count). The van der Waals surface area contributed by atoms with Crippen molar-refractivity contribution in [1.82, 2.24) is 19.1 Å². The normalized spacial score (nSPS) is 13.3. The van der Waals surface area contributed by atoms with Crippen LogP contribution in [0.25, 0.3) is 77.4 Å². The molecule has 0 bridgehead atoms. The van der Waals surface area contributed by atoms with Crippen LogP contribution in [0.4, 0.5) is 17.1 Å². The van der Waals surface area contributed by atoms with Crippen LogP contribution in [0.3, 0.4) is 0 Å². The Kier molecular flexibility index (Phi) is 8.63. The summed E-state index contributed by atoms with van der Waals surface area (Å²) in [6.45, 7) is -0.533. The molecule has 0 amide bonds.